The number of piperidine rings is 1. The van der Waals surface area contributed by atoms with Crippen LogP contribution in [-0.2, 0) is 0 Å². The molecule has 4 nitrogen and oxygen atoms in total. The van der Waals surface area contributed by atoms with E-state index in [0.717, 1.165) is 65.3 Å². The molecular weight excluding hydrogens is 320 g/mol. The summed E-state index contributed by atoms with van der Waals surface area (Å²) in [4.78, 5) is 15.9. The molecule has 1 saturated heterocycles. The number of aryl methyl sites for hydroxylation is 1. The molecular formula is C19H26N2O2S. The fraction of sp³-hybridized carbons (Fsp3) is 0.526. The smallest absolute Gasteiger partial charge is 0.264 e. The molecule has 1 fully saturated rings. The minimum Gasteiger partial charge on any atom is -0.497 e. The van der Waals surface area contributed by atoms with Crippen molar-refractivity contribution in [2.24, 2.45) is 5.92 Å². The number of nitrogens with one attached hydrogen (secondary N) is 1. The van der Waals surface area contributed by atoms with E-state index in [1.807, 2.05) is 30.0 Å². The van der Waals surface area contributed by atoms with Gasteiger partial charge in [0.05, 0.1) is 12.0 Å². The molecule has 2 heterocycles. The third-order valence-electron chi connectivity index (χ3n) is 4.92. The molecule has 2 aromatic rings. The summed E-state index contributed by atoms with van der Waals surface area (Å²) < 4.78 is 6.46. The summed E-state index contributed by atoms with van der Waals surface area (Å²) in [6.07, 6.45) is 2.19. The van der Waals surface area contributed by atoms with Crippen LogP contribution in [0.2, 0.25) is 0 Å². The number of likely N-dealkylation sites (tertiary alicyclic amines) is 1. The van der Waals surface area contributed by atoms with Gasteiger partial charge in [0.15, 0.2) is 0 Å². The lowest BCUT2D eigenvalue weighted by Crippen LogP contribution is -2.40. The molecule has 3 rings (SSSR count). The second-order valence-corrected chi connectivity index (χ2v) is 7.51. The summed E-state index contributed by atoms with van der Waals surface area (Å²) in [5.41, 5.74) is 1.08. The number of ether oxygens (including phenoxy) is 1. The Bertz CT molecular complexity index is 717. The summed E-state index contributed by atoms with van der Waals surface area (Å²) >= 11 is 1.60. The Balaban J connectivity index is 1.74. The molecule has 0 bridgehead atoms. The quantitative estimate of drug-likeness (QED) is 0.898. The molecule has 1 aliphatic heterocycles. The van der Waals surface area contributed by atoms with Gasteiger partial charge in [-0.05, 0) is 67.9 Å². The van der Waals surface area contributed by atoms with Crippen LogP contribution in [-0.4, -0.2) is 44.1 Å². The first kappa shape index (κ1) is 17.2. The van der Waals surface area contributed by atoms with E-state index in [1.165, 1.54) is 0 Å². The number of carbonyl (C=O) groups excluding carboxylic acids is 1. The number of thiophene rings is 1. The average Bonchev–Trinajstić information content (AvgIpc) is 2.96. The molecule has 24 heavy (non-hydrogen) atoms. The highest BCUT2D eigenvalue weighted by Crippen LogP contribution is 2.34. The number of rotatable bonds is 5. The monoisotopic (exact) mass is 346 g/mol. The molecule has 1 N–H and O–H groups in total. The Labute approximate surface area is 147 Å². The van der Waals surface area contributed by atoms with Crippen LogP contribution in [0.5, 0.6) is 5.75 Å². The van der Waals surface area contributed by atoms with Crippen LogP contribution < -0.4 is 10.1 Å². The van der Waals surface area contributed by atoms with Gasteiger partial charge in [0, 0.05) is 17.8 Å². The molecule has 1 aromatic carbocycles. The van der Waals surface area contributed by atoms with Gasteiger partial charge in [-0.15, -0.1) is 11.3 Å². The van der Waals surface area contributed by atoms with E-state index in [2.05, 4.69) is 12.2 Å². The van der Waals surface area contributed by atoms with Gasteiger partial charge < -0.3 is 15.0 Å². The van der Waals surface area contributed by atoms with Crippen molar-refractivity contribution >= 4 is 27.3 Å². The molecule has 1 aromatic heterocycles. The molecule has 0 atom stereocenters. The normalized spacial score (nSPS) is 15.9. The molecule has 0 aliphatic carbocycles. The highest BCUT2D eigenvalue weighted by Gasteiger charge is 2.26. The molecule has 0 spiro atoms. The van der Waals surface area contributed by atoms with Crippen LogP contribution >= 0.6 is 11.3 Å². The molecule has 0 saturated carbocycles. The standard InChI is InChI=1S/C19H26N2O2S/c1-4-20-12-14-7-9-21(10-8-14)19(22)18-13(2)16-11-15(23-3)5-6-17(16)24-18/h5-6,11,14,20H,4,7-10,12H2,1-3H3. The molecule has 0 radical (unpaired) electrons. The van der Waals surface area contributed by atoms with Crippen LogP contribution in [0.4, 0.5) is 0 Å². The van der Waals surface area contributed by atoms with Crippen molar-refractivity contribution in [1.82, 2.24) is 10.2 Å². The van der Waals surface area contributed by atoms with Crippen molar-refractivity contribution in [2.75, 3.05) is 33.3 Å². The number of hydrogen-bond acceptors (Lipinski definition) is 4. The summed E-state index contributed by atoms with van der Waals surface area (Å²) in [5, 5.41) is 4.55. The predicted octanol–water partition coefficient (Wildman–Crippen LogP) is 3.68. The van der Waals surface area contributed by atoms with Crippen molar-refractivity contribution < 1.29 is 9.53 Å². The number of nitrogens with zero attached hydrogens (tertiary/aromatic N) is 1. The lowest BCUT2D eigenvalue weighted by molar-refractivity contribution is 0.0694. The van der Waals surface area contributed by atoms with Crippen molar-refractivity contribution in [1.29, 1.82) is 0 Å². The van der Waals surface area contributed by atoms with Gasteiger partial charge >= 0.3 is 0 Å². The number of benzene rings is 1. The van der Waals surface area contributed by atoms with Gasteiger partial charge in [-0.1, -0.05) is 6.92 Å². The van der Waals surface area contributed by atoms with E-state index in [1.54, 1.807) is 18.4 Å². The predicted molar refractivity (Wildman–Crippen MR) is 100 cm³/mol. The third-order valence-corrected chi connectivity index (χ3v) is 6.18. The van der Waals surface area contributed by atoms with Gasteiger partial charge in [0.2, 0.25) is 0 Å². The van der Waals surface area contributed by atoms with Crippen LogP contribution in [0.3, 0.4) is 0 Å². The van der Waals surface area contributed by atoms with Gasteiger partial charge in [0.25, 0.3) is 5.91 Å². The van der Waals surface area contributed by atoms with E-state index in [9.17, 15) is 4.79 Å². The maximum atomic E-state index is 13.0. The molecule has 0 unspecified atom stereocenters. The minimum atomic E-state index is 0.189. The Morgan fingerprint density at radius 3 is 2.79 bits per heavy atom. The SMILES string of the molecule is CCNCC1CCN(C(=O)c2sc3ccc(OC)cc3c2C)CC1. The van der Waals surface area contributed by atoms with E-state index < -0.39 is 0 Å². The third kappa shape index (κ3) is 3.42. The minimum absolute atomic E-state index is 0.189. The van der Waals surface area contributed by atoms with E-state index >= 15 is 0 Å². The Kier molecular flexibility index (Phi) is 5.41. The van der Waals surface area contributed by atoms with E-state index in [-0.39, 0.29) is 5.91 Å². The zero-order valence-electron chi connectivity index (χ0n) is 14.7. The number of carbonyl (C=O) groups is 1. The Morgan fingerprint density at radius 2 is 2.12 bits per heavy atom. The largest absolute Gasteiger partial charge is 0.497 e. The van der Waals surface area contributed by atoms with Gasteiger partial charge in [-0.3, -0.25) is 4.79 Å². The van der Waals surface area contributed by atoms with Crippen molar-refractivity contribution in [2.45, 2.75) is 26.7 Å². The first-order valence-corrected chi connectivity index (χ1v) is 9.52. The Morgan fingerprint density at radius 1 is 1.38 bits per heavy atom. The maximum absolute atomic E-state index is 13.0. The zero-order chi connectivity index (χ0) is 17.1. The number of fused-ring (bicyclic) bond motifs is 1. The zero-order valence-corrected chi connectivity index (χ0v) is 15.5. The second kappa shape index (κ2) is 7.53. The van der Waals surface area contributed by atoms with Gasteiger partial charge in [-0.2, -0.15) is 0 Å². The van der Waals surface area contributed by atoms with Crippen molar-refractivity contribution in [3.8, 4) is 5.75 Å². The lowest BCUT2D eigenvalue weighted by atomic mass is 9.96. The second-order valence-electron chi connectivity index (χ2n) is 6.46. The maximum Gasteiger partial charge on any atom is 0.264 e. The number of hydrogen-bond donors (Lipinski definition) is 1. The number of methoxy groups -OCH3 is 1. The first-order chi connectivity index (χ1) is 11.6. The highest BCUT2D eigenvalue weighted by molar-refractivity contribution is 7.21. The topological polar surface area (TPSA) is 41.6 Å². The highest BCUT2D eigenvalue weighted by atomic mass is 32.1. The summed E-state index contributed by atoms with van der Waals surface area (Å²) in [6, 6.07) is 6.03. The summed E-state index contributed by atoms with van der Waals surface area (Å²) in [7, 11) is 1.67. The van der Waals surface area contributed by atoms with Crippen LogP contribution in [0.25, 0.3) is 10.1 Å². The first-order valence-electron chi connectivity index (χ1n) is 8.71. The van der Waals surface area contributed by atoms with Gasteiger partial charge in [0.1, 0.15) is 5.75 Å². The molecule has 1 amide bonds. The average molecular weight is 346 g/mol. The summed E-state index contributed by atoms with van der Waals surface area (Å²) in [6.45, 7) is 8.00. The van der Waals surface area contributed by atoms with Gasteiger partial charge in [-0.25, -0.2) is 0 Å². The molecule has 130 valence electrons. The van der Waals surface area contributed by atoms with Crippen molar-refractivity contribution in [3.05, 3.63) is 28.6 Å². The molecule has 1 aliphatic rings. The fourth-order valence-electron chi connectivity index (χ4n) is 3.36. The van der Waals surface area contributed by atoms with Crippen LogP contribution in [0.1, 0.15) is 35.0 Å². The Hall–Kier alpha value is -1.59. The summed E-state index contributed by atoms with van der Waals surface area (Å²) in [5.74, 6) is 1.72. The van der Waals surface area contributed by atoms with Crippen LogP contribution in [0.15, 0.2) is 18.2 Å². The fourth-order valence-corrected chi connectivity index (χ4v) is 4.52. The molecule has 5 heteroatoms. The van der Waals surface area contributed by atoms with E-state index in [0.29, 0.717) is 5.92 Å². The van der Waals surface area contributed by atoms with Crippen molar-refractivity contribution in [3.63, 3.8) is 0 Å². The van der Waals surface area contributed by atoms with Crippen LogP contribution in [0, 0.1) is 12.8 Å². The lowest BCUT2D eigenvalue weighted by Gasteiger charge is -2.32. The number of amides is 1. The van der Waals surface area contributed by atoms with E-state index in [4.69, 9.17) is 4.74 Å².